The van der Waals surface area contributed by atoms with Crippen LogP contribution in [0.4, 0.5) is 24.5 Å². The second-order valence-corrected chi connectivity index (χ2v) is 7.88. The molecule has 2 aromatic heterocycles. The predicted octanol–water partition coefficient (Wildman–Crippen LogP) is 4.06. The van der Waals surface area contributed by atoms with Crippen molar-refractivity contribution in [2.24, 2.45) is 0 Å². The summed E-state index contributed by atoms with van der Waals surface area (Å²) in [7, 11) is 0. The molecule has 0 radical (unpaired) electrons. The lowest BCUT2D eigenvalue weighted by Gasteiger charge is -2.16. The molecule has 1 fully saturated rings. The smallest absolute Gasteiger partial charge is 0.354 e. The van der Waals surface area contributed by atoms with Crippen molar-refractivity contribution in [3.63, 3.8) is 0 Å². The van der Waals surface area contributed by atoms with Gasteiger partial charge in [0.05, 0.1) is 41.6 Å². The lowest BCUT2D eigenvalue weighted by atomic mass is 10.1. The Kier molecular flexibility index (Phi) is 5.98. The Morgan fingerprint density at radius 2 is 1.94 bits per heavy atom. The van der Waals surface area contributed by atoms with Gasteiger partial charge in [-0.2, -0.15) is 13.2 Å². The van der Waals surface area contributed by atoms with Crippen molar-refractivity contribution in [2.45, 2.75) is 31.1 Å². The average molecular weight is 480 g/mol. The van der Waals surface area contributed by atoms with Crippen LogP contribution in [0.2, 0.25) is 5.02 Å². The summed E-state index contributed by atoms with van der Waals surface area (Å²) in [6.07, 6.45) is -0.924. The highest BCUT2D eigenvalue weighted by molar-refractivity contribution is 6.30. The van der Waals surface area contributed by atoms with E-state index in [0.29, 0.717) is 24.2 Å². The van der Waals surface area contributed by atoms with Crippen molar-refractivity contribution >= 4 is 34.8 Å². The van der Waals surface area contributed by atoms with E-state index in [0.717, 1.165) is 6.07 Å². The summed E-state index contributed by atoms with van der Waals surface area (Å²) in [6, 6.07) is 7.94. The monoisotopic (exact) mass is 479 g/mol. The highest BCUT2D eigenvalue weighted by atomic mass is 35.5. The fourth-order valence-corrected chi connectivity index (χ4v) is 3.28. The molecular weight excluding hydrogens is 463 g/mol. The minimum absolute atomic E-state index is 0.00759. The van der Waals surface area contributed by atoms with Crippen LogP contribution in [0.5, 0.6) is 0 Å². The van der Waals surface area contributed by atoms with Crippen molar-refractivity contribution in [1.82, 2.24) is 20.8 Å². The molecule has 1 aliphatic rings. The van der Waals surface area contributed by atoms with Crippen LogP contribution < -0.4 is 16.0 Å². The summed E-state index contributed by atoms with van der Waals surface area (Å²) in [5.41, 5.74) is -1.25. The fourth-order valence-electron chi connectivity index (χ4n) is 3.10. The van der Waals surface area contributed by atoms with Gasteiger partial charge in [0.2, 0.25) is 11.7 Å². The van der Waals surface area contributed by atoms with E-state index in [4.69, 9.17) is 16.1 Å². The molecule has 12 heteroatoms. The molecule has 3 N–H and O–H groups in total. The molecule has 0 atom stereocenters. The van der Waals surface area contributed by atoms with Crippen molar-refractivity contribution in [2.75, 3.05) is 5.32 Å². The molecule has 0 bridgehead atoms. The van der Waals surface area contributed by atoms with Gasteiger partial charge in [0.1, 0.15) is 5.54 Å². The number of amides is 2. The van der Waals surface area contributed by atoms with Gasteiger partial charge >= 0.3 is 6.18 Å². The van der Waals surface area contributed by atoms with Crippen LogP contribution >= 0.6 is 11.6 Å². The first-order valence-corrected chi connectivity index (χ1v) is 10.1. The number of hydrogen-bond donors (Lipinski definition) is 3. The lowest BCUT2D eigenvalue weighted by molar-refractivity contribution is -0.137. The molecule has 2 amide bonds. The number of nitrogens with one attached hydrogen (secondary N) is 3. The van der Waals surface area contributed by atoms with Crippen LogP contribution in [0.3, 0.4) is 0 Å². The predicted molar refractivity (Wildman–Crippen MR) is 112 cm³/mol. The molecule has 172 valence electrons. The number of alkyl halides is 3. The number of benzene rings is 1. The molecular formula is C21H17ClF3N5O3. The molecule has 0 spiro atoms. The van der Waals surface area contributed by atoms with Gasteiger partial charge in [0.25, 0.3) is 5.91 Å². The molecule has 4 rings (SSSR count). The van der Waals surface area contributed by atoms with Gasteiger partial charge in [-0.3, -0.25) is 14.6 Å². The van der Waals surface area contributed by atoms with Crippen LogP contribution in [-0.2, 0) is 17.5 Å². The fraction of sp³-hybridized carbons (Fsp3) is 0.238. The number of aromatic nitrogens is 2. The molecule has 1 aliphatic carbocycles. The number of halogens is 4. The van der Waals surface area contributed by atoms with Crippen LogP contribution in [0.25, 0.3) is 0 Å². The van der Waals surface area contributed by atoms with Crippen molar-refractivity contribution in [3.05, 3.63) is 70.8 Å². The van der Waals surface area contributed by atoms with E-state index < -0.39 is 23.2 Å². The highest BCUT2D eigenvalue weighted by Crippen LogP contribution is 2.38. The van der Waals surface area contributed by atoms with Crippen LogP contribution in [0, 0.1) is 0 Å². The quantitative estimate of drug-likeness (QED) is 0.471. The Balaban J connectivity index is 1.35. The van der Waals surface area contributed by atoms with E-state index in [2.05, 4.69) is 26.1 Å². The number of hydrogen-bond acceptors (Lipinski definition) is 6. The van der Waals surface area contributed by atoms with E-state index in [9.17, 15) is 22.8 Å². The minimum atomic E-state index is -4.58. The number of carbonyl (C=O) groups excluding carboxylic acids is 2. The third kappa shape index (κ3) is 5.25. The van der Waals surface area contributed by atoms with Crippen molar-refractivity contribution < 1.29 is 27.3 Å². The summed E-state index contributed by atoms with van der Waals surface area (Å²) in [6.45, 7) is 0.0772. The van der Waals surface area contributed by atoms with E-state index in [1.807, 2.05) is 0 Å². The molecule has 1 aromatic carbocycles. The van der Waals surface area contributed by atoms with Crippen LogP contribution in [-0.4, -0.2) is 27.5 Å². The topological polar surface area (TPSA) is 109 Å². The number of carbonyl (C=O) groups is 2. The summed E-state index contributed by atoms with van der Waals surface area (Å²) >= 11 is 5.69. The average Bonchev–Trinajstić information content (AvgIpc) is 3.33. The van der Waals surface area contributed by atoms with Crippen molar-refractivity contribution in [1.29, 1.82) is 0 Å². The van der Waals surface area contributed by atoms with Gasteiger partial charge in [0.15, 0.2) is 0 Å². The maximum Gasteiger partial charge on any atom is 0.418 e. The first kappa shape index (κ1) is 22.6. The molecule has 0 saturated heterocycles. The van der Waals surface area contributed by atoms with E-state index >= 15 is 0 Å². The second kappa shape index (κ2) is 8.74. The van der Waals surface area contributed by atoms with E-state index in [-0.39, 0.29) is 28.9 Å². The maximum atomic E-state index is 13.2. The third-order valence-corrected chi connectivity index (χ3v) is 5.25. The SMILES string of the molecule is O=C(NC1(C(=O)NCc2ccc(Nc3ccc(Cl)cc3C(F)(F)F)cn2)CC1)c1ccno1. The third-order valence-electron chi connectivity index (χ3n) is 5.02. The Morgan fingerprint density at radius 3 is 2.55 bits per heavy atom. The number of anilines is 2. The minimum Gasteiger partial charge on any atom is -0.354 e. The Hall–Kier alpha value is -3.60. The maximum absolute atomic E-state index is 13.2. The zero-order chi connectivity index (χ0) is 23.6. The summed E-state index contributed by atoms with van der Waals surface area (Å²) in [5.74, 6) is -0.891. The highest BCUT2D eigenvalue weighted by Gasteiger charge is 2.51. The van der Waals surface area contributed by atoms with E-state index in [1.54, 1.807) is 12.1 Å². The first-order chi connectivity index (χ1) is 15.7. The zero-order valence-corrected chi connectivity index (χ0v) is 17.6. The van der Waals surface area contributed by atoms with Gasteiger partial charge in [-0.25, -0.2) is 0 Å². The molecule has 3 aromatic rings. The Morgan fingerprint density at radius 1 is 1.15 bits per heavy atom. The molecule has 0 unspecified atom stereocenters. The van der Waals surface area contributed by atoms with Gasteiger partial charge in [-0.1, -0.05) is 16.8 Å². The summed E-state index contributed by atoms with van der Waals surface area (Å²) in [5, 5.41) is 11.5. The van der Waals surface area contributed by atoms with Gasteiger partial charge in [-0.15, -0.1) is 0 Å². The molecule has 2 heterocycles. The lowest BCUT2D eigenvalue weighted by Crippen LogP contribution is -2.48. The van der Waals surface area contributed by atoms with Gasteiger partial charge in [-0.05, 0) is 43.2 Å². The Bertz CT molecular complexity index is 1160. The van der Waals surface area contributed by atoms with Crippen molar-refractivity contribution in [3.8, 4) is 0 Å². The molecule has 0 aliphatic heterocycles. The van der Waals surface area contributed by atoms with E-state index in [1.165, 1.54) is 30.6 Å². The molecule has 8 nitrogen and oxygen atoms in total. The molecule has 1 saturated carbocycles. The Labute approximate surface area is 190 Å². The first-order valence-electron chi connectivity index (χ1n) is 9.76. The second-order valence-electron chi connectivity index (χ2n) is 7.45. The standard InChI is InChI=1S/C21H17ClF3N5O3/c22-12-1-4-16(15(9-12)21(23,24)25)29-14-3-2-13(26-11-14)10-27-19(32)20(6-7-20)30-18(31)17-5-8-28-33-17/h1-5,8-9,11,29H,6-7,10H2,(H,27,32)(H,30,31). The summed E-state index contributed by atoms with van der Waals surface area (Å²) < 4.78 is 44.5. The number of pyridine rings is 1. The van der Waals surface area contributed by atoms with Crippen LogP contribution in [0.15, 0.2) is 53.3 Å². The van der Waals surface area contributed by atoms with Crippen LogP contribution in [0.1, 0.15) is 34.7 Å². The number of nitrogens with zero attached hydrogens (tertiary/aromatic N) is 2. The molecule has 33 heavy (non-hydrogen) atoms. The van der Waals surface area contributed by atoms with Gasteiger partial charge < -0.3 is 20.5 Å². The largest absolute Gasteiger partial charge is 0.418 e. The normalized spacial score (nSPS) is 14.4. The summed E-state index contributed by atoms with van der Waals surface area (Å²) in [4.78, 5) is 28.8. The van der Waals surface area contributed by atoms with Gasteiger partial charge in [0, 0.05) is 11.1 Å². The number of rotatable bonds is 7. The zero-order valence-electron chi connectivity index (χ0n) is 16.9.